The minimum Gasteiger partial charge on any atom is -0.372 e. The molecule has 3 aliphatic heterocycles. The molecule has 1 N–H and O–H groups in total. The summed E-state index contributed by atoms with van der Waals surface area (Å²) in [5.41, 5.74) is 6.84. The molecule has 8 nitrogen and oxygen atoms in total. The number of piperidine rings is 1. The Morgan fingerprint density at radius 2 is 1.80 bits per heavy atom. The number of carbonyl (C=O) groups is 3. The number of nitrogens with one attached hydrogen (secondary N) is 1. The predicted molar refractivity (Wildman–Crippen MR) is 132 cm³/mol. The maximum absolute atomic E-state index is 13.1. The van der Waals surface area contributed by atoms with Gasteiger partial charge in [-0.05, 0) is 54.7 Å². The molecule has 0 bridgehead atoms. The van der Waals surface area contributed by atoms with Crippen LogP contribution >= 0.6 is 0 Å². The third-order valence-corrected chi connectivity index (χ3v) is 7.36. The molecule has 4 heterocycles. The fraction of sp³-hybridized carbons (Fsp3) is 0.333. The second kappa shape index (κ2) is 8.37. The number of fused-ring (bicyclic) bond motifs is 1. The van der Waals surface area contributed by atoms with Crippen LogP contribution in [0.5, 0.6) is 0 Å². The van der Waals surface area contributed by atoms with E-state index >= 15 is 0 Å². The van der Waals surface area contributed by atoms with Crippen LogP contribution in [0.25, 0.3) is 22.4 Å². The normalized spacial score (nSPS) is 19.9. The zero-order chi connectivity index (χ0) is 24.1. The average Bonchev–Trinajstić information content (AvgIpc) is 3.59. The molecule has 8 heteroatoms. The lowest BCUT2D eigenvalue weighted by Gasteiger charge is -2.29. The maximum Gasteiger partial charge on any atom is 0.255 e. The zero-order valence-corrected chi connectivity index (χ0v) is 19.7. The topological polar surface area (TPSA) is 87.5 Å². The molecule has 0 radical (unpaired) electrons. The molecule has 0 spiro atoms. The molecule has 3 aromatic rings. The van der Waals surface area contributed by atoms with Gasteiger partial charge in [0.25, 0.3) is 5.91 Å². The molecule has 1 aromatic heterocycles. The Bertz CT molecular complexity index is 1350. The van der Waals surface area contributed by atoms with E-state index in [1.807, 2.05) is 36.1 Å². The van der Waals surface area contributed by atoms with Gasteiger partial charge in [0.2, 0.25) is 11.8 Å². The van der Waals surface area contributed by atoms with Crippen LogP contribution in [0.1, 0.15) is 41.6 Å². The largest absolute Gasteiger partial charge is 0.372 e. The molecule has 6 rings (SSSR count). The number of nitrogens with zero attached hydrogens (tertiary/aromatic N) is 4. The van der Waals surface area contributed by atoms with Gasteiger partial charge < -0.3 is 9.80 Å². The Hall–Kier alpha value is -3.94. The first kappa shape index (κ1) is 21.6. The summed E-state index contributed by atoms with van der Waals surface area (Å²) in [7, 11) is 1.95. The van der Waals surface area contributed by atoms with Crippen LogP contribution < -0.4 is 10.2 Å². The van der Waals surface area contributed by atoms with Gasteiger partial charge in [-0.3, -0.25) is 24.4 Å². The molecular weight excluding hydrogens is 442 g/mol. The Kier molecular flexibility index (Phi) is 5.16. The first-order valence-electron chi connectivity index (χ1n) is 12.1. The molecule has 178 valence electrons. The van der Waals surface area contributed by atoms with Crippen LogP contribution in [0, 0.1) is 0 Å². The van der Waals surface area contributed by atoms with E-state index in [1.54, 1.807) is 4.90 Å². The van der Waals surface area contributed by atoms with Gasteiger partial charge >= 0.3 is 0 Å². The molecule has 2 saturated heterocycles. The van der Waals surface area contributed by atoms with E-state index in [0.29, 0.717) is 18.5 Å². The van der Waals surface area contributed by atoms with Crippen LogP contribution in [0.4, 0.5) is 5.69 Å². The van der Waals surface area contributed by atoms with Crippen molar-refractivity contribution in [2.24, 2.45) is 7.05 Å². The van der Waals surface area contributed by atoms with E-state index in [9.17, 15) is 14.4 Å². The van der Waals surface area contributed by atoms with Crippen molar-refractivity contribution < 1.29 is 14.4 Å². The maximum atomic E-state index is 13.1. The van der Waals surface area contributed by atoms with Crippen molar-refractivity contribution >= 4 is 23.4 Å². The Morgan fingerprint density at radius 3 is 2.60 bits per heavy atom. The first-order chi connectivity index (χ1) is 17.0. The molecule has 3 amide bonds. The molecule has 1 atom stereocenters. The third kappa shape index (κ3) is 3.69. The zero-order valence-electron chi connectivity index (χ0n) is 19.7. The minimum atomic E-state index is -0.613. The molecule has 2 fully saturated rings. The Labute approximate surface area is 203 Å². The van der Waals surface area contributed by atoms with E-state index in [2.05, 4.69) is 39.6 Å². The van der Waals surface area contributed by atoms with Crippen molar-refractivity contribution in [1.29, 1.82) is 0 Å². The Morgan fingerprint density at radius 1 is 0.971 bits per heavy atom. The lowest BCUT2D eigenvalue weighted by Crippen LogP contribution is -2.52. The van der Waals surface area contributed by atoms with Crippen molar-refractivity contribution in [2.75, 3.05) is 18.0 Å². The van der Waals surface area contributed by atoms with Crippen LogP contribution in [0.3, 0.4) is 0 Å². The minimum absolute atomic E-state index is 0.161. The van der Waals surface area contributed by atoms with Gasteiger partial charge in [-0.15, -0.1) is 0 Å². The fourth-order valence-electron chi connectivity index (χ4n) is 5.56. The van der Waals surface area contributed by atoms with Crippen LogP contribution in [-0.2, 0) is 23.2 Å². The van der Waals surface area contributed by atoms with Gasteiger partial charge in [0.1, 0.15) is 6.04 Å². The lowest BCUT2D eigenvalue weighted by molar-refractivity contribution is -0.136. The van der Waals surface area contributed by atoms with Gasteiger partial charge in [-0.1, -0.05) is 18.2 Å². The molecule has 1 unspecified atom stereocenters. The van der Waals surface area contributed by atoms with Gasteiger partial charge in [0.05, 0.1) is 11.9 Å². The van der Waals surface area contributed by atoms with Gasteiger partial charge in [0.15, 0.2) is 0 Å². The standard InChI is InChI=1S/C27H27N5O3/c1-30-25(18-5-4-6-20(14-18)31-11-2-3-12-31)22(15-28-30)17-7-8-21-19(13-17)16-32(27(21)35)23-9-10-24(33)29-26(23)34/h4-8,13-15,23H,2-3,9-12,16H2,1H3,(H,29,33,34). The van der Waals surface area contributed by atoms with Crippen LogP contribution in [0.15, 0.2) is 48.7 Å². The highest BCUT2D eigenvalue weighted by atomic mass is 16.2. The van der Waals surface area contributed by atoms with Crippen molar-refractivity contribution in [3.05, 3.63) is 59.8 Å². The molecule has 0 saturated carbocycles. The molecule has 35 heavy (non-hydrogen) atoms. The van der Waals surface area contributed by atoms with Crippen LogP contribution in [0.2, 0.25) is 0 Å². The summed E-state index contributed by atoms with van der Waals surface area (Å²) in [6.07, 6.45) is 4.93. The molecule has 3 aliphatic rings. The number of aryl methyl sites for hydroxylation is 1. The smallest absolute Gasteiger partial charge is 0.255 e. The second-order valence-electron chi connectivity index (χ2n) is 9.55. The molecule has 2 aromatic carbocycles. The van der Waals surface area contributed by atoms with Gasteiger partial charge in [-0.2, -0.15) is 5.10 Å². The fourth-order valence-corrected chi connectivity index (χ4v) is 5.56. The number of amides is 3. The molecule has 0 aliphatic carbocycles. The third-order valence-electron chi connectivity index (χ3n) is 7.36. The Balaban J connectivity index is 1.32. The summed E-state index contributed by atoms with van der Waals surface area (Å²) in [4.78, 5) is 41.0. The van der Waals surface area contributed by atoms with Gasteiger partial charge in [0, 0.05) is 55.5 Å². The first-order valence-corrected chi connectivity index (χ1v) is 12.1. The quantitative estimate of drug-likeness (QED) is 0.594. The number of hydrogen-bond donors (Lipinski definition) is 1. The summed E-state index contributed by atoms with van der Waals surface area (Å²) < 4.78 is 1.90. The van der Waals surface area contributed by atoms with Crippen molar-refractivity contribution in [3.63, 3.8) is 0 Å². The highest BCUT2D eigenvalue weighted by Crippen LogP contribution is 2.37. The lowest BCUT2D eigenvalue weighted by atomic mass is 9.98. The second-order valence-corrected chi connectivity index (χ2v) is 9.55. The van der Waals surface area contributed by atoms with Crippen LogP contribution in [-0.4, -0.2) is 51.5 Å². The number of imide groups is 1. The summed E-state index contributed by atoms with van der Waals surface area (Å²) >= 11 is 0. The number of carbonyl (C=O) groups excluding carboxylic acids is 3. The van der Waals surface area contributed by atoms with E-state index in [4.69, 9.17) is 0 Å². The average molecular weight is 470 g/mol. The SMILES string of the molecule is Cn1ncc(-c2ccc3c(c2)CN(C2CCC(=O)NC2=O)C3=O)c1-c1cccc(N2CCCC2)c1. The number of hydrogen-bond acceptors (Lipinski definition) is 5. The van der Waals surface area contributed by atoms with Crippen molar-refractivity contribution in [1.82, 2.24) is 20.0 Å². The summed E-state index contributed by atoms with van der Waals surface area (Å²) in [5, 5.41) is 6.91. The van der Waals surface area contributed by atoms with E-state index < -0.39 is 11.9 Å². The van der Waals surface area contributed by atoms with Crippen molar-refractivity contribution in [2.45, 2.75) is 38.3 Å². The highest BCUT2D eigenvalue weighted by molar-refractivity contribution is 6.05. The number of benzene rings is 2. The summed E-state index contributed by atoms with van der Waals surface area (Å²) in [6, 6.07) is 13.8. The number of rotatable bonds is 4. The monoisotopic (exact) mass is 469 g/mol. The summed E-state index contributed by atoms with van der Waals surface area (Å²) in [6.45, 7) is 2.53. The highest BCUT2D eigenvalue weighted by Gasteiger charge is 2.39. The van der Waals surface area contributed by atoms with E-state index in [0.717, 1.165) is 41.0 Å². The van der Waals surface area contributed by atoms with E-state index in [1.165, 1.54) is 18.5 Å². The number of aromatic nitrogens is 2. The van der Waals surface area contributed by atoms with Gasteiger partial charge in [-0.25, -0.2) is 0 Å². The molecular formula is C27H27N5O3. The van der Waals surface area contributed by atoms with Crippen molar-refractivity contribution in [3.8, 4) is 22.4 Å². The van der Waals surface area contributed by atoms with E-state index in [-0.39, 0.29) is 18.2 Å². The summed E-state index contributed by atoms with van der Waals surface area (Å²) in [5.74, 6) is -0.837. The number of anilines is 1. The predicted octanol–water partition coefficient (Wildman–Crippen LogP) is 3.12.